The Labute approximate surface area is 199 Å². The Bertz CT molecular complexity index is 1450. The van der Waals surface area contributed by atoms with Crippen LogP contribution in [0.5, 0.6) is 5.75 Å². The first-order chi connectivity index (χ1) is 16.7. The SMILES string of the molecule is COC(=O)Cc1cc(C)c2c3ccccc3n(Cc3ccccc3)c2c1OCc1ccccc1. The van der Waals surface area contributed by atoms with Gasteiger partial charge in [0.05, 0.1) is 19.0 Å². The number of methoxy groups -OCH3 is 1. The average molecular weight is 450 g/mol. The van der Waals surface area contributed by atoms with Crippen molar-refractivity contribution >= 4 is 27.8 Å². The minimum Gasteiger partial charge on any atom is -0.486 e. The van der Waals surface area contributed by atoms with Gasteiger partial charge >= 0.3 is 5.97 Å². The summed E-state index contributed by atoms with van der Waals surface area (Å²) in [7, 11) is 1.42. The molecule has 170 valence electrons. The zero-order valence-electron chi connectivity index (χ0n) is 19.5. The van der Waals surface area contributed by atoms with Crippen LogP contribution < -0.4 is 4.74 Å². The molecule has 0 aliphatic heterocycles. The summed E-state index contributed by atoms with van der Waals surface area (Å²) in [6, 6.07) is 31.0. The maximum absolute atomic E-state index is 12.3. The van der Waals surface area contributed by atoms with Crippen LogP contribution >= 0.6 is 0 Å². The Morgan fingerprint density at radius 3 is 2.21 bits per heavy atom. The number of carbonyl (C=O) groups excluding carboxylic acids is 1. The number of esters is 1. The summed E-state index contributed by atoms with van der Waals surface area (Å²) in [6.45, 7) is 3.22. The second kappa shape index (κ2) is 9.44. The Kier molecular flexibility index (Phi) is 6.05. The standard InChI is InChI=1S/C30H27NO3/c1-21-17-24(18-27(32)33-2)30(34-20-23-13-7-4-8-14-23)29-28(21)25-15-9-10-16-26(25)31(29)19-22-11-5-3-6-12-22/h3-17H,18-20H2,1-2H3. The fourth-order valence-corrected chi connectivity index (χ4v) is 4.67. The molecule has 5 rings (SSSR count). The fraction of sp³-hybridized carbons (Fsp3) is 0.167. The third-order valence-electron chi connectivity index (χ3n) is 6.23. The average Bonchev–Trinajstić information content (AvgIpc) is 3.19. The summed E-state index contributed by atoms with van der Waals surface area (Å²) < 4.78 is 13.8. The van der Waals surface area contributed by atoms with Gasteiger partial charge in [0.15, 0.2) is 0 Å². The minimum atomic E-state index is -0.283. The van der Waals surface area contributed by atoms with E-state index in [9.17, 15) is 4.79 Å². The third kappa shape index (κ3) is 4.15. The van der Waals surface area contributed by atoms with Gasteiger partial charge in [0, 0.05) is 28.4 Å². The van der Waals surface area contributed by atoms with Crippen molar-refractivity contribution in [1.29, 1.82) is 0 Å². The first kappa shape index (κ1) is 21.8. The van der Waals surface area contributed by atoms with Gasteiger partial charge in [0.2, 0.25) is 0 Å². The molecule has 1 aromatic heterocycles. The number of ether oxygens (including phenoxy) is 2. The first-order valence-electron chi connectivity index (χ1n) is 11.5. The van der Waals surface area contributed by atoms with E-state index in [-0.39, 0.29) is 12.4 Å². The zero-order chi connectivity index (χ0) is 23.5. The van der Waals surface area contributed by atoms with Crippen molar-refractivity contribution in [2.75, 3.05) is 7.11 Å². The van der Waals surface area contributed by atoms with Gasteiger partial charge in [-0.15, -0.1) is 0 Å². The van der Waals surface area contributed by atoms with E-state index in [0.29, 0.717) is 13.2 Å². The van der Waals surface area contributed by atoms with E-state index in [1.54, 1.807) is 0 Å². The molecule has 0 radical (unpaired) electrons. The lowest BCUT2D eigenvalue weighted by Crippen LogP contribution is -2.09. The van der Waals surface area contributed by atoms with Gasteiger partial charge in [-0.1, -0.05) is 84.9 Å². The number of nitrogens with zero attached hydrogens (tertiary/aromatic N) is 1. The van der Waals surface area contributed by atoms with Gasteiger partial charge in [-0.3, -0.25) is 4.79 Å². The lowest BCUT2D eigenvalue weighted by atomic mass is 10.0. The number of aryl methyl sites for hydroxylation is 1. The van der Waals surface area contributed by atoms with E-state index in [0.717, 1.165) is 38.9 Å². The molecule has 0 aliphatic rings. The Hall–Kier alpha value is -4.05. The second-order valence-electron chi connectivity index (χ2n) is 8.52. The van der Waals surface area contributed by atoms with Crippen LogP contribution in [0.2, 0.25) is 0 Å². The largest absolute Gasteiger partial charge is 0.486 e. The smallest absolute Gasteiger partial charge is 0.310 e. The van der Waals surface area contributed by atoms with Gasteiger partial charge in [-0.25, -0.2) is 0 Å². The lowest BCUT2D eigenvalue weighted by molar-refractivity contribution is -0.139. The Balaban J connectivity index is 1.76. The van der Waals surface area contributed by atoms with Crippen LogP contribution in [0.25, 0.3) is 21.8 Å². The first-order valence-corrected chi connectivity index (χ1v) is 11.5. The van der Waals surface area contributed by atoms with Crippen molar-refractivity contribution in [3.63, 3.8) is 0 Å². The Morgan fingerprint density at radius 2 is 1.50 bits per heavy atom. The highest BCUT2D eigenvalue weighted by atomic mass is 16.5. The van der Waals surface area contributed by atoms with E-state index in [1.165, 1.54) is 18.1 Å². The van der Waals surface area contributed by atoms with E-state index >= 15 is 0 Å². The van der Waals surface area contributed by atoms with Crippen LogP contribution in [-0.4, -0.2) is 17.6 Å². The molecule has 4 aromatic carbocycles. The highest BCUT2D eigenvalue weighted by Crippen LogP contribution is 2.40. The van der Waals surface area contributed by atoms with E-state index in [1.807, 2.05) is 36.4 Å². The van der Waals surface area contributed by atoms with Gasteiger partial charge in [-0.2, -0.15) is 0 Å². The van der Waals surface area contributed by atoms with Crippen LogP contribution in [0.15, 0.2) is 91.0 Å². The number of para-hydroxylation sites is 1. The van der Waals surface area contributed by atoms with Crippen LogP contribution in [0.4, 0.5) is 0 Å². The van der Waals surface area contributed by atoms with E-state index < -0.39 is 0 Å². The molecule has 0 saturated heterocycles. The molecule has 0 fully saturated rings. The summed E-state index contributed by atoms with van der Waals surface area (Å²) >= 11 is 0. The number of hydrogen-bond donors (Lipinski definition) is 0. The number of carbonyl (C=O) groups is 1. The summed E-state index contributed by atoms with van der Waals surface area (Å²) in [5.74, 6) is 0.455. The van der Waals surface area contributed by atoms with Crippen LogP contribution in [-0.2, 0) is 29.1 Å². The molecule has 0 aliphatic carbocycles. The quantitative estimate of drug-likeness (QED) is 0.268. The van der Waals surface area contributed by atoms with Crippen LogP contribution in [0.3, 0.4) is 0 Å². The monoisotopic (exact) mass is 449 g/mol. The van der Waals surface area contributed by atoms with Crippen molar-refractivity contribution in [1.82, 2.24) is 4.57 Å². The van der Waals surface area contributed by atoms with Crippen molar-refractivity contribution in [3.8, 4) is 5.75 Å². The molecule has 0 saturated carbocycles. The van der Waals surface area contributed by atoms with Crippen LogP contribution in [0, 0.1) is 6.92 Å². The minimum absolute atomic E-state index is 0.157. The summed E-state index contributed by atoms with van der Waals surface area (Å²) in [6.07, 6.45) is 0.157. The van der Waals surface area contributed by atoms with E-state index in [4.69, 9.17) is 9.47 Å². The second-order valence-corrected chi connectivity index (χ2v) is 8.52. The number of fused-ring (bicyclic) bond motifs is 3. The van der Waals surface area contributed by atoms with Crippen molar-refractivity contribution in [2.45, 2.75) is 26.5 Å². The molecular weight excluding hydrogens is 422 g/mol. The maximum Gasteiger partial charge on any atom is 0.310 e. The summed E-state index contributed by atoms with van der Waals surface area (Å²) in [4.78, 5) is 12.3. The molecule has 0 atom stereocenters. The van der Waals surface area contributed by atoms with Gasteiger partial charge in [-0.05, 0) is 29.7 Å². The molecule has 1 heterocycles. The molecule has 4 nitrogen and oxygen atoms in total. The zero-order valence-corrected chi connectivity index (χ0v) is 19.5. The number of benzene rings is 4. The molecule has 0 bridgehead atoms. The highest BCUT2D eigenvalue weighted by molar-refractivity contribution is 6.12. The highest BCUT2D eigenvalue weighted by Gasteiger charge is 2.22. The van der Waals surface area contributed by atoms with Gasteiger partial charge in [0.25, 0.3) is 0 Å². The predicted octanol–water partition coefficient (Wildman–Crippen LogP) is 6.45. The lowest BCUT2D eigenvalue weighted by Gasteiger charge is -2.17. The Morgan fingerprint density at radius 1 is 0.853 bits per heavy atom. The summed E-state index contributed by atoms with van der Waals surface area (Å²) in [5, 5.41) is 2.34. The third-order valence-corrected chi connectivity index (χ3v) is 6.23. The van der Waals surface area contributed by atoms with E-state index in [2.05, 4.69) is 66.1 Å². The molecule has 0 unspecified atom stereocenters. The van der Waals surface area contributed by atoms with Gasteiger partial charge < -0.3 is 14.0 Å². The fourth-order valence-electron chi connectivity index (χ4n) is 4.67. The topological polar surface area (TPSA) is 40.5 Å². The molecular formula is C30H27NO3. The molecule has 5 aromatic rings. The number of hydrogen-bond acceptors (Lipinski definition) is 3. The molecule has 4 heteroatoms. The normalized spacial score (nSPS) is 11.1. The van der Waals surface area contributed by atoms with Crippen molar-refractivity contribution < 1.29 is 14.3 Å². The number of rotatable bonds is 7. The molecule has 34 heavy (non-hydrogen) atoms. The van der Waals surface area contributed by atoms with Crippen molar-refractivity contribution in [2.24, 2.45) is 0 Å². The molecule has 0 spiro atoms. The number of aromatic nitrogens is 1. The summed E-state index contributed by atoms with van der Waals surface area (Å²) in [5.41, 5.74) is 6.39. The maximum atomic E-state index is 12.3. The predicted molar refractivity (Wildman–Crippen MR) is 136 cm³/mol. The molecule has 0 N–H and O–H groups in total. The van der Waals surface area contributed by atoms with Gasteiger partial charge in [0.1, 0.15) is 12.4 Å². The van der Waals surface area contributed by atoms with Crippen molar-refractivity contribution in [3.05, 3.63) is 113 Å². The van der Waals surface area contributed by atoms with Crippen LogP contribution in [0.1, 0.15) is 22.3 Å². The molecule has 0 amide bonds.